The van der Waals surface area contributed by atoms with Gasteiger partial charge in [0.15, 0.2) is 0 Å². The smallest absolute Gasteiger partial charge is 0.232 e. The number of hydrogen-bond donors (Lipinski definition) is 3. The molecule has 0 saturated carbocycles. The second-order valence-electron chi connectivity index (χ2n) is 13.3. The molecule has 3 rings (SSSR count). The van der Waals surface area contributed by atoms with Gasteiger partial charge in [-0.05, 0) is 102 Å². The molecule has 0 aromatic carbocycles. The van der Waals surface area contributed by atoms with E-state index in [9.17, 15) is 0 Å². The molecule has 0 amide bonds. The molecule has 200 valence electrons. The molecule has 1 aromatic heterocycles. The molecular weight excluding hydrogens is 436 g/mol. The van der Waals surface area contributed by atoms with E-state index in [-0.39, 0.29) is 22.2 Å². The van der Waals surface area contributed by atoms with Crippen LogP contribution in [-0.4, -0.2) is 68.8 Å². The fourth-order valence-electron chi connectivity index (χ4n) is 6.95. The van der Waals surface area contributed by atoms with Crippen LogP contribution in [0.2, 0.25) is 0 Å². The highest BCUT2D eigenvalue weighted by atomic mass is 15.4. The maximum atomic E-state index is 5.15. The predicted octanol–water partition coefficient (Wildman–Crippen LogP) is 4.57. The molecule has 0 bridgehead atoms. The first-order valence-corrected chi connectivity index (χ1v) is 13.7. The third-order valence-electron chi connectivity index (χ3n) is 7.36. The molecule has 2 saturated heterocycles. The van der Waals surface area contributed by atoms with E-state index >= 15 is 0 Å². The Morgan fingerprint density at radius 1 is 0.657 bits per heavy atom. The van der Waals surface area contributed by atoms with Gasteiger partial charge in [0.1, 0.15) is 0 Å². The van der Waals surface area contributed by atoms with Crippen molar-refractivity contribution in [3.8, 4) is 0 Å². The Hall–Kier alpha value is -1.67. The molecule has 2 fully saturated rings. The van der Waals surface area contributed by atoms with Gasteiger partial charge < -0.3 is 25.8 Å². The van der Waals surface area contributed by atoms with Crippen LogP contribution >= 0.6 is 0 Å². The number of rotatable bonds is 8. The first-order valence-electron chi connectivity index (χ1n) is 13.7. The molecule has 0 atom stereocenters. The van der Waals surface area contributed by atoms with Crippen LogP contribution in [0.3, 0.4) is 0 Å². The third-order valence-corrected chi connectivity index (χ3v) is 7.36. The Morgan fingerprint density at radius 3 is 1.29 bits per heavy atom. The van der Waals surface area contributed by atoms with E-state index in [1.165, 1.54) is 0 Å². The summed E-state index contributed by atoms with van der Waals surface area (Å²) in [6.45, 7) is 27.5. The van der Waals surface area contributed by atoms with Gasteiger partial charge in [0.05, 0.1) is 0 Å². The second kappa shape index (κ2) is 10.0. The van der Waals surface area contributed by atoms with E-state index in [0.29, 0.717) is 18.0 Å². The molecule has 2 aliphatic heterocycles. The van der Waals surface area contributed by atoms with E-state index in [1.807, 2.05) is 0 Å². The van der Waals surface area contributed by atoms with Gasteiger partial charge in [0.25, 0.3) is 0 Å². The van der Waals surface area contributed by atoms with Crippen molar-refractivity contribution in [2.75, 3.05) is 34.8 Å². The average Bonchev–Trinajstić information content (AvgIpc) is 2.64. The minimum Gasteiger partial charge on any atom is -0.354 e. The third kappa shape index (κ3) is 6.97. The summed E-state index contributed by atoms with van der Waals surface area (Å²) in [5.41, 5.74) is 0.230. The Balaban J connectivity index is 2.01. The number of nitrogens with one attached hydrogen (secondary N) is 3. The van der Waals surface area contributed by atoms with Crippen molar-refractivity contribution in [3.05, 3.63) is 0 Å². The van der Waals surface area contributed by atoms with Crippen molar-refractivity contribution in [1.82, 2.24) is 25.6 Å². The van der Waals surface area contributed by atoms with Crippen molar-refractivity contribution in [1.29, 1.82) is 0 Å². The summed E-state index contributed by atoms with van der Waals surface area (Å²) in [6.07, 6.45) is 4.21. The molecule has 3 heterocycles. The summed E-state index contributed by atoms with van der Waals surface area (Å²) in [5, 5.41) is 11.0. The zero-order chi connectivity index (χ0) is 26.2. The van der Waals surface area contributed by atoms with Crippen molar-refractivity contribution in [3.63, 3.8) is 0 Å². The fraction of sp³-hybridized carbons (Fsp3) is 0.889. The molecule has 2 aliphatic rings. The minimum absolute atomic E-state index is 0.0575. The number of aromatic nitrogens is 3. The molecular formula is C27H52N8. The van der Waals surface area contributed by atoms with E-state index < -0.39 is 0 Å². The zero-order valence-electron chi connectivity index (χ0n) is 24.3. The van der Waals surface area contributed by atoms with Gasteiger partial charge >= 0.3 is 0 Å². The first kappa shape index (κ1) is 27.9. The summed E-state index contributed by atoms with van der Waals surface area (Å²) in [5.74, 6) is 2.25. The Kier molecular flexibility index (Phi) is 7.98. The van der Waals surface area contributed by atoms with Crippen LogP contribution in [0, 0.1) is 0 Å². The van der Waals surface area contributed by atoms with Crippen LogP contribution in [0.4, 0.5) is 17.8 Å². The van der Waals surface area contributed by atoms with Gasteiger partial charge in [-0.3, -0.25) is 0 Å². The lowest BCUT2D eigenvalue weighted by Gasteiger charge is -2.50. The minimum atomic E-state index is 0.0575. The molecule has 0 spiro atoms. The quantitative estimate of drug-likeness (QED) is 0.491. The van der Waals surface area contributed by atoms with Crippen LogP contribution in [0.25, 0.3) is 0 Å². The highest BCUT2D eigenvalue weighted by Gasteiger charge is 2.42. The summed E-state index contributed by atoms with van der Waals surface area (Å²) in [6, 6.07) is 0.727. The van der Waals surface area contributed by atoms with E-state index in [0.717, 1.165) is 57.2 Å². The van der Waals surface area contributed by atoms with Crippen LogP contribution in [-0.2, 0) is 0 Å². The van der Waals surface area contributed by atoms with Gasteiger partial charge in [-0.2, -0.15) is 15.0 Å². The van der Waals surface area contributed by atoms with Gasteiger partial charge in [-0.15, -0.1) is 0 Å². The molecule has 0 radical (unpaired) electrons. The zero-order valence-corrected chi connectivity index (χ0v) is 24.3. The number of nitrogens with zero attached hydrogens (tertiary/aromatic N) is 5. The molecule has 35 heavy (non-hydrogen) atoms. The Morgan fingerprint density at radius 2 is 1.00 bits per heavy atom. The lowest BCUT2D eigenvalue weighted by atomic mass is 9.79. The summed E-state index contributed by atoms with van der Waals surface area (Å²) in [4.78, 5) is 19.8. The Labute approximate surface area is 214 Å². The first-order chi connectivity index (χ1) is 16.1. The highest BCUT2D eigenvalue weighted by molar-refractivity contribution is 5.47. The van der Waals surface area contributed by atoms with Crippen LogP contribution in [0.1, 0.15) is 102 Å². The van der Waals surface area contributed by atoms with Crippen LogP contribution < -0.4 is 25.8 Å². The summed E-state index contributed by atoms with van der Waals surface area (Å²) < 4.78 is 0. The molecule has 0 aliphatic carbocycles. The highest BCUT2D eigenvalue weighted by Crippen LogP contribution is 2.35. The van der Waals surface area contributed by atoms with Crippen molar-refractivity contribution in [2.24, 2.45) is 0 Å². The molecule has 3 N–H and O–H groups in total. The SMILES string of the molecule is CCNc1nc(N(CC)C2CC(C)(C)NC(C)(C)C2)nc(N(CC)C2CC(C)(C)NC(C)(C)C2)n1. The molecule has 8 heteroatoms. The number of anilines is 3. The predicted molar refractivity (Wildman–Crippen MR) is 149 cm³/mol. The van der Waals surface area contributed by atoms with E-state index in [4.69, 9.17) is 15.0 Å². The van der Waals surface area contributed by atoms with E-state index in [1.54, 1.807) is 0 Å². The normalized spacial score (nSPS) is 23.6. The van der Waals surface area contributed by atoms with Gasteiger partial charge in [0, 0.05) is 53.9 Å². The standard InChI is InChI=1S/C27H52N8/c1-12-28-21-29-22(34(13-2)19-15-24(4,5)32-25(6,7)16-19)31-23(30-21)35(14-3)20-17-26(8,9)33-27(10,11)18-20/h19-20,32-33H,12-18H2,1-11H3,(H,28,29,30,31). The van der Waals surface area contributed by atoms with Gasteiger partial charge in [-0.1, -0.05) is 0 Å². The Bertz CT molecular complexity index is 766. The molecule has 0 unspecified atom stereocenters. The van der Waals surface area contributed by atoms with Gasteiger partial charge in [0.2, 0.25) is 17.8 Å². The topological polar surface area (TPSA) is 81.2 Å². The summed E-state index contributed by atoms with van der Waals surface area (Å²) in [7, 11) is 0. The number of piperidine rings is 2. The molecule has 8 nitrogen and oxygen atoms in total. The second-order valence-corrected chi connectivity index (χ2v) is 13.3. The maximum Gasteiger partial charge on any atom is 0.232 e. The van der Waals surface area contributed by atoms with Crippen LogP contribution in [0.15, 0.2) is 0 Å². The largest absolute Gasteiger partial charge is 0.354 e. The van der Waals surface area contributed by atoms with Crippen LogP contribution in [0.5, 0.6) is 0 Å². The van der Waals surface area contributed by atoms with Gasteiger partial charge in [-0.25, -0.2) is 0 Å². The lowest BCUT2D eigenvalue weighted by Crippen LogP contribution is -2.62. The van der Waals surface area contributed by atoms with Crippen molar-refractivity contribution < 1.29 is 0 Å². The fourth-order valence-corrected chi connectivity index (χ4v) is 6.95. The maximum absolute atomic E-state index is 5.15. The number of hydrogen-bond acceptors (Lipinski definition) is 8. The van der Waals surface area contributed by atoms with Crippen molar-refractivity contribution >= 4 is 17.8 Å². The lowest BCUT2D eigenvalue weighted by molar-refractivity contribution is 0.158. The van der Waals surface area contributed by atoms with Crippen molar-refractivity contribution in [2.45, 2.75) is 136 Å². The monoisotopic (exact) mass is 488 g/mol. The summed E-state index contributed by atoms with van der Waals surface area (Å²) >= 11 is 0. The average molecular weight is 489 g/mol. The molecule has 1 aromatic rings. The van der Waals surface area contributed by atoms with E-state index in [2.05, 4.69) is 102 Å².